The highest BCUT2D eigenvalue weighted by Crippen LogP contribution is 2.14. The highest BCUT2D eigenvalue weighted by Gasteiger charge is 2.05. The lowest BCUT2D eigenvalue weighted by Crippen LogP contribution is -2.01. The number of aryl methyl sites for hydroxylation is 2. The molecule has 3 aromatic rings. The van der Waals surface area contributed by atoms with Gasteiger partial charge >= 0.3 is 0 Å². The number of rotatable bonds is 3. The summed E-state index contributed by atoms with van der Waals surface area (Å²) >= 11 is 0. The number of nitrogens with two attached hydrogens (primary N) is 1. The third-order valence-electron chi connectivity index (χ3n) is 2.87. The molecule has 0 spiro atoms. The van der Waals surface area contributed by atoms with Crippen molar-refractivity contribution in [3.05, 3.63) is 48.4 Å². The summed E-state index contributed by atoms with van der Waals surface area (Å²) < 4.78 is 1.86. The van der Waals surface area contributed by atoms with Crippen molar-refractivity contribution in [3.8, 4) is 0 Å². The molecule has 5 heteroatoms. The zero-order valence-corrected chi connectivity index (χ0v) is 9.82. The van der Waals surface area contributed by atoms with Crippen molar-refractivity contribution >= 4 is 16.9 Å². The number of nitrogens with zero attached hydrogens (tertiary/aromatic N) is 4. The van der Waals surface area contributed by atoms with E-state index in [-0.39, 0.29) is 0 Å². The van der Waals surface area contributed by atoms with Crippen LogP contribution in [0.2, 0.25) is 0 Å². The van der Waals surface area contributed by atoms with Crippen molar-refractivity contribution in [1.29, 1.82) is 0 Å². The van der Waals surface area contributed by atoms with Crippen molar-refractivity contribution in [2.45, 2.75) is 13.0 Å². The largest absolute Gasteiger partial charge is 0.383 e. The van der Waals surface area contributed by atoms with E-state index in [4.69, 9.17) is 5.73 Å². The smallest absolute Gasteiger partial charge is 0.186 e. The van der Waals surface area contributed by atoms with Crippen molar-refractivity contribution in [3.63, 3.8) is 0 Å². The highest BCUT2D eigenvalue weighted by molar-refractivity contribution is 5.84. The average Bonchev–Trinajstić information content (AvgIpc) is 2.82. The Balaban J connectivity index is 1.81. The van der Waals surface area contributed by atoms with Crippen LogP contribution in [0.25, 0.3) is 11.0 Å². The molecule has 2 heterocycles. The van der Waals surface area contributed by atoms with Crippen molar-refractivity contribution in [1.82, 2.24) is 19.7 Å². The maximum absolute atomic E-state index is 5.77. The Morgan fingerprint density at radius 1 is 1.11 bits per heavy atom. The zero-order valence-electron chi connectivity index (χ0n) is 9.82. The molecule has 0 unspecified atom stereocenters. The minimum absolute atomic E-state index is 0.478. The van der Waals surface area contributed by atoms with Gasteiger partial charge in [-0.3, -0.25) is 4.68 Å². The van der Waals surface area contributed by atoms with E-state index in [1.54, 1.807) is 0 Å². The maximum atomic E-state index is 5.77. The number of fused-ring (bicyclic) bond motifs is 1. The zero-order chi connectivity index (χ0) is 12.4. The minimum Gasteiger partial charge on any atom is -0.383 e. The summed E-state index contributed by atoms with van der Waals surface area (Å²) in [7, 11) is 0. The predicted octanol–water partition coefficient (Wildman–Crippen LogP) is 1.65. The maximum Gasteiger partial charge on any atom is 0.186 e. The SMILES string of the molecule is Nc1ncnc2nn(CCc3ccccc3)cc12. The van der Waals surface area contributed by atoms with Gasteiger partial charge in [0.25, 0.3) is 0 Å². The van der Waals surface area contributed by atoms with E-state index < -0.39 is 0 Å². The Labute approximate surface area is 104 Å². The lowest BCUT2D eigenvalue weighted by molar-refractivity contribution is 0.620. The van der Waals surface area contributed by atoms with E-state index in [1.165, 1.54) is 11.9 Å². The Bertz CT molecular complexity index is 659. The number of hydrogen-bond acceptors (Lipinski definition) is 4. The fourth-order valence-corrected chi connectivity index (χ4v) is 1.91. The predicted molar refractivity (Wildman–Crippen MR) is 69.9 cm³/mol. The summed E-state index contributed by atoms with van der Waals surface area (Å²) in [4.78, 5) is 8.05. The highest BCUT2D eigenvalue weighted by atomic mass is 15.3. The molecule has 18 heavy (non-hydrogen) atoms. The molecule has 0 amide bonds. The molecule has 0 aliphatic rings. The van der Waals surface area contributed by atoms with Gasteiger partial charge in [0.1, 0.15) is 12.1 Å². The topological polar surface area (TPSA) is 69.6 Å². The van der Waals surface area contributed by atoms with Crippen LogP contribution in [0, 0.1) is 0 Å². The summed E-state index contributed by atoms with van der Waals surface area (Å²) in [6, 6.07) is 10.3. The molecule has 2 N–H and O–H groups in total. The second-order valence-electron chi connectivity index (χ2n) is 4.12. The Morgan fingerprint density at radius 3 is 2.72 bits per heavy atom. The van der Waals surface area contributed by atoms with Crippen LogP contribution < -0.4 is 5.73 Å². The number of nitrogen functional groups attached to an aromatic ring is 1. The number of anilines is 1. The molecule has 0 fully saturated rings. The first-order valence-corrected chi connectivity index (χ1v) is 5.80. The van der Waals surface area contributed by atoms with Gasteiger partial charge in [-0.15, -0.1) is 0 Å². The molecule has 0 radical (unpaired) electrons. The third kappa shape index (κ3) is 2.02. The van der Waals surface area contributed by atoms with Gasteiger partial charge in [-0.1, -0.05) is 30.3 Å². The van der Waals surface area contributed by atoms with E-state index in [0.717, 1.165) is 18.4 Å². The molecule has 3 rings (SSSR count). The Kier molecular flexibility index (Phi) is 2.64. The molecule has 0 saturated carbocycles. The standard InChI is InChI=1S/C13H13N5/c14-12-11-8-18(17-13(11)16-9-15-12)7-6-10-4-2-1-3-5-10/h1-5,8-9H,6-7H2,(H2,14,15,16,17). The Hall–Kier alpha value is -2.43. The second kappa shape index (κ2) is 4.44. The lowest BCUT2D eigenvalue weighted by Gasteiger charge is -2.00. The summed E-state index contributed by atoms with van der Waals surface area (Å²) in [5, 5.41) is 5.18. The van der Waals surface area contributed by atoms with Gasteiger partial charge in [-0.2, -0.15) is 5.10 Å². The molecule has 90 valence electrons. The van der Waals surface area contributed by atoms with Crippen LogP contribution in [0.15, 0.2) is 42.9 Å². The van der Waals surface area contributed by atoms with Crippen LogP contribution in [-0.4, -0.2) is 19.7 Å². The van der Waals surface area contributed by atoms with E-state index >= 15 is 0 Å². The van der Waals surface area contributed by atoms with Crippen molar-refractivity contribution in [2.24, 2.45) is 0 Å². The van der Waals surface area contributed by atoms with Gasteiger partial charge in [-0.05, 0) is 12.0 Å². The molecular weight excluding hydrogens is 226 g/mol. The molecule has 0 aliphatic carbocycles. The van der Waals surface area contributed by atoms with Gasteiger partial charge < -0.3 is 5.73 Å². The van der Waals surface area contributed by atoms with Crippen LogP contribution in [-0.2, 0) is 13.0 Å². The number of aromatic nitrogens is 4. The van der Waals surface area contributed by atoms with Gasteiger partial charge in [-0.25, -0.2) is 9.97 Å². The summed E-state index contributed by atoms with van der Waals surface area (Å²) in [6.07, 6.45) is 4.27. The average molecular weight is 239 g/mol. The van der Waals surface area contributed by atoms with Crippen LogP contribution in [0.1, 0.15) is 5.56 Å². The van der Waals surface area contributed by atoms with E-state index in [2.05, 4.69) is 27.2 Å². The minimum atomic E-state index is 0.478. The Morgan fingerprint density at radius 2 is 1.94 bits per heavy atom. The van der Waals surface area contributed by atoms with Gasteiger partial charge in [0.2, 0.25) is 0 Å². The first kappa shape index (κ1) is 10.7. The molecule has 0 bridgehead atoms. The molecule has 0 atom stereocenters. The van der Waals surface area contributed by atoms with Gasteiger partial charge in [0.05, 0.1) is 5.39 Å². The van der Waals surface area contributed by atoms with Gasteiger partial charge in [0, 0.05) is 12.7 Å². The van der Waals surface area contributed by atoms with Crippen LogP contribution in [0.3, 0.4) is 0 Å². The monoisotopic (exact) mass is 239 g/mol. The van der Waals surface area contributed by atoms with E-state index in [0.29, 0.717) is 11.5 Å². The summed E-state index contributed by atoms with van der Waals surface area (Å²) in [5.41, 5.74) is 7.71. The molecule has 5 nitrogen and oxygen atoms in total. The van der Waals surface area contributed by atoms with Crippen LogP contribution in [0.4, 0.5) is 5.82 Å². The number of hydrogen-bond donors (Lipinski definition) is 1. The molecular formula is C13H13N5. The molecule has 1 aromatic carbocycles. The van der Waals surface area contributed by atoms with E-state index in [1.807, 2.05) is 29.1 Å². The summed E-state index contributed by atoms with van der Waals surface area (Å²) in [5.74, 6) is 0.478. The molecule has 2 aromatic heterocycles. The van der Waals surface area contributed by atoms with E-state index in [9.17, 15) is 0 Å². The first-order valence-electron chi connectivity index (χ1n) is 5.80. The lowest BCUT2D eigenvalue weighted by atomic mass is 10.1. The summed E-state index contributed by atoms with van der Waals surface area (Å²) in [6.45, 7) is 0.805. The van der Waals surface area contributed by atoms with Crippen molar-refractivity contribution < 1.29 is 0 Å². The normalized spacial score (nSPS) is 10.9. The van der Waals surface area contributed by atoms with Crippen molar-refractivity contribution in [2.75, 3.05) is 5.73 Å². The molecule has 0 aliphatic heterocycles. The third-order valence-corrected chi connectivity index (χ3v) is 2.87. The quantitative estimate of drug-likeness (QED) is 0.754. The fraction of sp³-hybridized carbons (Fsp3) is 0.154. The van der Waals surface area contributed by atoms with Crippen LogP contribution in [0.5, 0.6) is 0 Å². The number of benzene rings is 1. The fourth-order valence-electron chi connectivity index (χ4n) is 1.91. The van der Waals surface area contributed by atoms with Crippen LogP contribution >= 0.6 is 0 Å². The first-order chi connectivity index (χ1) is 8.83. The molecule has 0 saturated heterocycles. The second-order valence-corrected chi connectivity index (χ2v) is 4.12. The van der Waals surface area contributed by atoms with Gasteiger partial charge in [0.15, 0.2) is 5.65 Å².